The SMILES string of the molecule is CCOC(=O)C1=Cc2cc(F)c(N3CCC4(C3)OCC(C)O4)nc2N(c2ccc(F)cc2F)C1. The second kappa shape index (κ2) is 8.59. The van der Waals surface area contributed by atoms with Gasteiger partial charge in [-0.15, -0.1) is 0 Å². The Labute approximate surface area is 194 Å². The monoisotopic (exact) mass is 475 g/mol. The summed E-state index contributed by atoms with van der Waals surface area (Å²) in [6, 6.07) is 4.39. The quantitative estimate of drug-likeness (QED) is 0.621. The summed E-state index contributed by atoms with van der Waals surface area (Å²) >= 11 is 0. The van der Waals surface area contributed by atoms with Gasteiger partial charge in [0.2, 0.25) is 0 Å². The van der Waals surface area contributed by atoms with Gasteiger partial charge in [0.1, 0.15) is 17.5 Å². The third-order valence-electron chi connectivity index (χ3n) is 6.11. The second-order valence-electron chi connectivity index (χ2n) is 8.60. The molecule has 34 heavy (non-hydrogen) atoms. The van der Waals surface area contributed by atoms with Crippen molar-refractivity contribution >= 4 is 29.4 Å². The molecule has 0 saturated carbocycles. The number of esters is 1. The predicted octanol–water partition coefficient (Wildman–Crippen LogP) is 3.94. The molecule has 7 nitrogen and oxygen atoms in total. The summed E-state index contributed by atoms with van der Waals surface area (Å²) in [6.07, 6.45) is 1.99. The van der Waals surface area contributed by atoms with Crippen LogP contribution in [0.3, 0.4) is 0 Å². The molecular weight excluding hydrogens is 451 g/mol. The molecule has 2 atom stereocenters. The van der Waals surface area contributed by atoms with E-state index in [1.807, 2.05) is 6.92 Å². The van der Waals surface area contributed by atoms with Crippen LogP contribution in [-0.4, -0.2) is 55.7 Å². The first-order valence-electron chi connectivity index (χ1n) is 11.2. The van der Waals surface area contributed by atoms with Gasteiger partial charge in [-0.05, 0) is 38.1 Å². The van der Waals surface area contributed by atoms with Gasteiger partial charge in [-0.25, -0.2) is 22.9 Å². The van der Waals surface area contributed by atoms with Crippen LogP contribution < -0.4 is 9.80 Å². The van der Waals surface area contributed by atoms with E-state index >= 15 is 4.39 Å². The highest BCUT2D eigenvalue weighted by Gasteiger charge is 2.46. The first kappa shape index (κ1) is 22.7. The van der Waals surface area contributed by atoms with Crippen molar-refractivity contribution in [3.63, 3.8) is 0 Å². The molecule has 3 aliphatic heterocycles. The Bertz CT molecular complexity index is 1170. The Kier molecular flexibility index (Phi) is 5.73. The molecule has 2 saturated heterocycles. The van der Waals surface area contributed by atoms with Crippen molar-refractivity contribution < 1.29 is 32.2 Å². The number of hydrogen-bond donors (Lipinski definition) is 0. The number of fused-ring (bicyclic) bond motifs is 1. The summed E-state index contributed by atoms with van der Waals surface area (Å²) in [6.45, 7) is 4.89. The van der Waals surface area contributed by atoms with E-state index in [1.54, 1.807) is 11.8 Å². The molecule has 1 aromatic carbocycles. The van der Waals surface area contributed by atoms with E-state index in [9.17, 15) is 13.6 Å². The molecule has 180 valence electrons. The number of carbonyl (C=O) groups excluding carboxylic acids is 1. The molecule has 3 aliphatic rings. The molecule has 1 aromatic heterocycles. The highest BCUT2D eigenvalue weighted by Crippen LogP contribution is 2.40. The molecule has 0 radical (unpaired) electrons. The maximum atomic E-state index is 15.2. The van der Waals surface area contributed by atoms with Gasteiger partial charge in [0.25, 0.3) is 0 Å². The minimum absolute atomic E-state index is 0.0109. The highest BCUT2D eigenvalue weighted by molar-refractivity contribution is 5.98. The fraction of sp³-hybridized carbons (Fsp3) is 0.417. The van der Waals surface area contributed by atoms with Gasteiger partial charge < -0.3 is 24.0 Å². The fourth-order valence-corrected chi connectivity index (χ4v) is 4.61. The third kappa shape index (κ3) is 4.01. The van der Waals surface area contributed by atoms with Crippen molar-refractivity contribution in [2.45, 2.75) is 32.2 Å². The zero-order valence-corrected chi connectivity index (χ0v) is 18.8. The summed E-state index contributed by atoms with van der Waals surface area (Å²) in [5.41, 5.74) is 0.501. The number of anilines is 3. The second-order valence-corrected chi connectivity index (χ2v) is 8.60. The van der Waals surface area contributed by atoms with E-state index in [4.69, 9.17) is 14.2 Å². The number of benzene rings is 1. The van der Waals surface area contributed by atoms with Crippen LogP contribution in [0.15, 0.2) is 29.8 Å². The summed E-state index contributed by atoms with van der Waals surface area (Å²) in [4.78, 5) is 20.1. The molecule has 0 aliphatic carbocycles. The van der Waals surface area contributed by atoms with Crippen LogP contribution in [0.2, 0.25) is 0 Å². The van der Waals surface area contributed by atoms with Gasteiger partial charge in [0.05, 0.1) is 43.7 Å². The molecule has 0 amide bonds. The summed E-state index contributed by atoms with van der Waals surface area (Å²) < 4.78 is 60.4. The standard InChI is InChI=1S/C24H24F3N3O4/c1-3-32-23(31)16-8-15-9-19(27)22(29-7-6-24(13-29)33-12-14(2)34-24)28-21(15)30(11-16)20-5-4-17(25)10-18(20)26/h4-5,8-10,14H,3,6-7,11-13H2,1-2H3. The van der Waals surface area contributed by atoms with Crippen LogP contribution in [0, 0.1) is 17.5 Å². The Morgan fingerprint density at radius 1 is 1.24 bits per heavy atom. The van der Waals surface area contributed by atoms with Gasteiger partial charge in [-0.2, -0.15) is 0 Å². The zero-order chi connectivity index (χ0) is 24.0. The average Bonchev–Trinajstić information content (AvgIpc) is 3.37. The van der Waals surface area contributed by atoms with E-state index in [0.29, 0.717) is 26.1 Å². The lowest BCUT2D eigenvalue weighted by Crippen LogP contribution is -2.36. The van der Waals surface area contributed by atoms with Gasteiger partial charge in [0, 0.05) is 24.6 Å². The van der Waals surface area contributed by atoms with Gasteiger partial charge >= 0.3 is 5.97 Å². The number of ether oxygens (including phenoxy) is 3. The van der Waals surface area contributed by atoms with Crippen LogP contribution in [0.4, 0.5) is 30.5 Å². The van der Waals surface area contributed by atoms with E-state index in [1.165, 1.54) is 23.1 Å². The molecule has 0 bridgehead atoms. The molecule has 1 spiro atoms. The normalized spacial score (nSPS) is 23.9. The molecule has 4 heterocycles. The number of pyridine rings is 1. The predicted molar refractivity (Wildman–Crippen MR) is 118 cm³/mol. The van der Waals surface area contributed by atoms with Gasteiger partial charge in [-0.3, -0.25) is 0 Å². The zero-order valence-electron chi connectivity index (χ0n) is 18.8. The van der Waals surface area contributed by atoms with E-state index in [2.05, 4.69) is 4.98 Å². The van der Waals surface area contributed by atoms with E-state index in [0.717, 1.165) is 12.1 Å². The molecular formula is C24H24F3N3O4. The maximum Gasteiger partial charge on any atom is 0.335 e. The van der Waals surface area contributed by atoms with Crippen LogP contribution in [0.1, 0.15) is 25.8 Å². The van der Waals surface area contributed by atoms with Crippen molar-refractivity contribution in [1.82, 2.24) is 4.98 Å². The Balaban J connectivity index is 1.56. The molecule has 2 fully saturated rings. The Morgan fingerprint density at radius 3 is 2.76 bits per heavy atom. The highest BCUT2D eigenvalue weighted by atomic mass is 19.1. The number of rotatable bonds is 4. The first-order chi connectivity index (χ1) is 16.3. The van der Waals surface area contributed by atoms with E-state index < -0.39 is 29.2 Å². The van der Waals surface area contributed by atoms with Gasteiger partial charge in [-0.1, -0.05) is 0 Å². The number of aromatic nitrogens is 1. The van der Waals surface area contributed by atoms with Crippen LogP contribution in [-0.2, 0) is 19.0 Å². The Hall–Kier alpha value is -3.11. The lowest BCUT2D eigenvalue weighted by Gasteiger charge is -2.31. The molecule has 10 heteroatoms. The maximum absolute atomic E-state index is 15.2. The van der Waals surface area contributed by atoms with Crippen molar-refractivity contribution in [2.24, 2.45) is 0 Å². The van der Waals surface area contributed by atoms with Crippen molar-refractivity contribution in [2.75, 3.05) is 42.6 Å². The number of hydrogen-bond acceptors (Lipinski definition) is 7. The minimum atomic E-state index is -0.828. The van der Waals surface area contributed by atoms with Crippen LogP contribution in [0.5, 0.6) is 0 Å². The largest absolute Gasteiger partial charge is 0.463 e. The topological polar surface area (TPSA) is 64.1 Å². The number of carbonyl (C=O) groups is 1. The third-order valence-corrected chi connectivity index (χ3v) is 6.11. The number of halogens is 3. The smallest absolute Gasteiger partial charge is 0.335 e. The molecule has 2 aromatic rings. The van der Waals surface area contributed by atoms with E-state index in [-0.39, 0.29) is 47.7 Å². The number of nitrogens with zero attached hydrogens (tertiary/aromatic N) is 3. The van der Waals surface area contributed by atoms with Crippen molar-refractivity contribution in [1.29, 1.82) is 0 Å². The van der Waals surface area contributed by atoms with Crippen LogP contribution >= 0.6 is 0 Å². The average molecular weight is 475 g/mol. The molecule has 0 N–H and O–H groups in total. The Morgan fingerprint density at radius 2 is 2.06 bits per heavy atom. The lowest BCUT2D eigenvalue weighted by atomic mass is 10.0. The fourth-order valence-electron chi connectivity index (χ4n) is 4.61. The summed E-state index contributed by atoms with van der Waals surface area (Å²) in [7, 11) is 0. The summed E-state index contributed by atoms with van der Waals surface area (Å²) in [5.74, 6) is -3.24. The first-order valence-corrected chi connectivity index (χ1v) is 11.2. The van der Waals surface area contributed by atoms with Gasteiger partial charge in [0.15, 0.2) is 17.4 Å². The van der Waals surface area contributed by atoms with Crippen molar-refractivity contribution in [3.05, 3.63) is 52.9 Å². The molecule has 5 rings (SSSR count). The van der Waals surface area contributed by atoms with Crippen molar-refractivity contribution in [3.8, 4) is 0 Å². The minimum Gasteiger partial charge on any atom is -0.463 e. The summed E-state index contributed by atoms with van der Waals surface area (Å²) in [5, 5.41) is 0. The van der Waals surface area contributed by atoms with Crippen LogP contribution in [0.25, 0.3) is 6.08 Å². The molecule has 2 unspecified atom stereocenters. The lowest BCUT2D eigenvalue weighted by molar-refractivity contribution is -0.148.